The van der Waals surface area contributed by atoms with Crippen LogP contribution in [0.5, 0.6) is 5.75 Å². The van der Waals surface area contributed by atoms with Gasteiger partial charge in [0.15, 0.2) is 0 Å². The van der Waals surface area contributed by atoms with Crippen LogP contribution in [0.4, 0.5) is 10.2 Å². The second kappa shape index (κ2) is 10.1. The van der Waals surface area contributed by atoms with Crippen LogP contribution in [0.25, 0.3) is 22.4 Å². The summed E-state index contributed by atoms with van der Waals surface area (Å²) in [6.45, 7) is 5.17. The van der Waals surface area contributed by atoms with Crippen LogP contribution in [0.15, 0.2) is 54.6 Å². The molecule has 0 atom stereocenters. The van der Waals surface area contributed by atoms with E-state index in [1.165, 1.54) is 6.07 Å². The smallest absolute Gasteiger partial charge is 0.132 e. The maximum Gasteiger partial charge on any atom is 0.132 e. The van der Waals surface area contributed by atoms with Crippen LogP contribution in [-0.4, -0.2) is 54.4 Å². The molecule has 3 aromatic rings. The molecular weight excluding hydrogens is 417 g/mol. The van der Waals surface area contributed by atoms with Crippen LogP contribution in [-0.2, 0) is 4.74 Å². The predicted molar refractivity (Wildman–Crippen MR) is 122 cm³/mol. The fourth-order valence-corrected chi connectivity index (χ4v) is 3.98. The number of rotatable bonds is 7. The van der Waals surface area contributed by atoms with Crippen molar-refractivity contribution in [2.45, 2.75) is 6.42 Å². The number of morpholine rings is 1. The molecular formula is C24H25ClFN3O2. The Balaban J connectivity index is 1.60. The first-order chi connectivity index (χ1) is 15.1. The average Bonchev–Trinajstić information content (AvgIpc) is 2.78. The molecule has 7 heteroatoms. The van der Waals surface area contributed by atoms with E-state index in [0.717, 1.165) is 45.8 Å². The quantitative estimate of drug-likeness (QED) is 0.502. The zero-order valence-electron chi connectivity index (χ0n) is 17.2. The first-order valence-electron chi connectivity index (χ1n) is 10.4. The van der Waals surface area contributed by atoms with E-state index in [-0.39, 0.29) is 5.75 Å². The summed E-state index contributed by atoms with van der Waals surface area (Å²) in [5.41, 5.74) is 2.05. The van der Waals surface area contributed by atoms with Crippen LogP contribution < -0.4 is 5.32 Å². The molecule has 162 valence electrons. The zero-order chi connectivity index (χ0) is 21.6. The highest BCUT2D eigenvalue weighted by Crippen LogP contribution is 2.36. The van der Waals surface area contributed by atoms with Gasteiger partial charge in [0.05, 0.1) is 23.9 Å². The summed E-state index contributed by atoms with van der Waals surface area (Å²) >= 11 is 6.31. The molecule has 0 saturated carbocycles. The third kappa shape index (κ3) is 5.34. The Morgan fingerprint density at radius 2 is 1.90 bits per heavy atom. The van der Waals surface area contributed by atoms with Gasteiger partial charge in [-0.1, -0.05) is 29.8 Å². The molecule has 2 N–H and O–H groups in total. The fraction of sp³-hybridized carbons (Fsp3) is 0.292. The Kier molecular flexibility index (Phi) is 7.02. The molecule has 2 heterocycles. The van der Waals surface area contributed by atoms with Gasteiger partial charge in [-0.25, -0.2) is 9.37 Å². The second-order valence-electron chi connectivity index (χ2n) is 7.47. The summed E-state index contributed by atoms with van der Waals surface area (Å²) in [5, 5.41) is 14.0. The minimum atomic E-state index is -0.403. The Morgan fingerprint density at radius 1 is 1.10 bits per heavy atom. The maximum atomic E-state index is 14.6. The van der Waals surface area contributed by atoms with Gasteiger partial charge in [-0.05, 0) is 54.9 Å². The number of ether oxygens (including phenoxy) is 1. The lowest BCUT2D eigenvalue weighted by Crippen LogP contribution is -2.37. The Bertz CT molecular complexity index is 1020. The van der Waals surface area contributed by atoms with Crippen molar-refractivity contribution in [2.24, 2.45) is 0 Å². The molecule has 4 rings (SSSR count). The van der Waals surface area contributed by atoms with Crippen LogP contribution >= 0.6 is 11.6 Å². The van der Waals surface area contributed by atoms with E-state index < -0.39 is 5.82 Å². The third-order valence-electron chi connectivity index (χ3n) is 5.32. The fourth-order valence-electron chi connectivity index (χ4n) is 3.71. The highest BCUT2D eigenvalue weighted by molar-refractivity contribution is 6.33. The van der Waals surface area contributed by atoms with Gasteiger partial charge < -0.3 is 15.2 Å². The summed E-state index contributed by atoms with van der Waals surface area (Å²) in [4.78, 5) is 7.04. The molecule has 0 bridgehead atoms. The number of phenolic OH excluding ortho intramolecular Hbond substituents is 1. The minimum absolute atomic E-state index is 0.116. The van der Waals surface area contributed by atoms with Crippen LogP contribution in [0.2, 0.25) is 5.02 Å². The summed E-state index contributed by atoms with van der Waals surface area (Å²) in [7, 11) is 0. The topological polar surface area (TPSA) is 57.6 Å². The molecule has 1 fully saturated rings. The van der Waals surface area contributed by atoms with Crippen molar-refractivity contribution in [3.8, 4) is 28.1 Å². The normalized spacial score (nSPS) is 14.5. The minimum Gasteiger partial charge on any atom is -0.507 e. The van der Waals surface area contributed by atoms with E-state index in [9.17, 15) is 9.50 Å². The Hall–Kier alpha value is -2.67. The molecule has 0 unspecified atom stereocenters. The number of nitrogens with zero attached hydrogens (tertiary/aromatic N) is 2. The first kappa shape index (κ1) is 21.6. The molecule has 1 aliphatic heterocycles. The number of halogens is 2. The summed E-state index contributed by atoms with van der Waals surface area (Å²) < 4.78 is 20.0. The van der Waals surface area contributed by atoms with Gasteiger partial charge in [-0.2, -0.15) is 0 Å². The van der Waals surface area contributed by atoms with E-state index in [0.29, 0.717) is 33.2 Å². The van der Waals surface area contributed by atoms with Crippen molar-refractivity contribution in [1.82, 2.24) is 9.88 Å². The molecule has 31 heavy (non-hydrogen) atoms. The number of nitrogens with one attached hydrogen (secondary N) is 1. The number of benzene rings is 2. The number of hydrogen-bond donors (Lipinski definition) is 2. The van der Waals surface area contributed by atoms with E-state index in [1.807, 2.05) is 6.07 Å². The van der Waals surface area contributed by atoms with Gasteiger partial charge >= 0.3 is 0 Å². The lowest BCUT2D eigenvalue weighted by molar-refractivity contribution is 0.0378. The Morgan fingerprint density at radius 3 is 2.68 bits per heavy atom. The van der Waals surface area contributed by atoms with Crippen LogP contribution in [0.1, 0.15) is 6.42 Å². The number of aromatic hydroxyl groups is 1. The number of para-hydroxylation sites is 1. The monoisotopic (exact) mass is 441 g/mol. The van der Waals surface area contributed by atoms with Crippen molar-refractivity contribution in [1.29, 1.82) is 0 Å². The maximum absolute atomic E-state index is 14.6. The molecule has 1 saturated heterocycles. The van der Waals surface area contributed by atoms with Crippen LogP contribution in [0.3, 0.4) is 0 Å². The lowest BCUT2D eigenvalue weighted by Gasteiger charge is -2.26. The van der Waals surface area contributed by atoms with Crippen molar-refractivity contribution in [3.63, 3.8) is 0 Å². The number of hydrogen-bond acceptors (Lipinski definition) is 5. The van der Waals surface area contributed by atoms with Crippen LogP contribution in [0, 0.1) is 5.82 Å². The number of pyridine rings is 1. The van der Waals surface area contributed by atoms with Gasteiger partial charge in [0.25, 0.3) is 0 Å². The summed E-state index contributed by atoms with van der Waals surface area (Å²) in [6, 6.07) is 15.1. The second-order valence-corrected chi connectivity index (χ2v) is 7.88. The SMILES string of the molecule is Oc1ccccc1-c1cc(-c2c(F)cccc2Cl)cc(NCCCN2CCOCC2)n1. The highest BCUT2D eigenvalue weighted by atomic mass is 35.5. The van der Waals surface area contributed by atoms with E-state index in [1.54, 1.807) is 42.5 Å². The van der Waals surface area contributed by atoms with Crippen molar-refractivity contribution < 1.29 is 14.2 Å². The number of aromatic nitrogens is 1. The average molecular weight is 442 g/mol. The molecule has 5 nitrogen and oxygen atoms in total. The molecule has 1 aliphatic rings. The van der Waals surface area contributed by atoms with E-state index in [2.05, 4.69) is 15.2 Å². The largest absolute Gasteiger partial charge is 0.507 e. The van der Waals surface area contributed by atoms with Crippen molar-refractivity contribution >= 4 is 17.4 Å². The zero-order valence-corrected chi connectivity index (χ0v) is 17.9. The molecule has 1 aromatic heterocycles. The summed E-state index contributed by atoms with van der Waals surface area (Å²) in [5.74, 6) is 0.322. The molecule has 0 radical (unpaired) electrons. The standard InChI is InChI=1S/C24H25ClFN3O2/c25-19-6-3-7-20(26)24(19)17-15-21(18-5-1-2-8-22(18)30)28-23(16-17)27-9-4-10-29-11-13-31-14-12-29/h1-3,5-8,15-16,30H,4,9-14H2,(H,27,28). The van der Waals surface area contributed by atoms with Crippen molar-refractivity contribution in [2.75, 3.05) is 44.7 Å². The van der Waals surface area contributed by atoms with Gasteiger partial charge in [-0.3, -0.25) is 4.90 Å². The van der Waals surface area contributed by atoms with Gasteiger partial charge in [0, 0.05) is 30.8 Å². The van der Waals surface area contributed by atoms with Gasteiger partial charge in [-0.15, -0.1) is 0 Å². The molecule has 0 amide bonds. The Labute approximate surface area is 186 Å². The molecule has 0 spiro atoms. The lowest BCUT2D eigenvalue weighted by atomic mass is 10.0. The molecule has 2 aromatic carbocycles. The summed E-state index contributed by atoms with van der Waals surface area (Å²) in [6.07, 6.45) is 0.943. The number of phenols is 1. The van der Waals surface area contributed by atoms with E-state index in [4.69, 9.17) is 16.3 Å². The van der Waals surface area contributed by atoms with Gasteiger partial charge in [0.1, 0.15) is 17.4 Å². The number of anilines is 1. The third-order valence-corrected chi connectivity index (χ3v) is 5.63. The molecule has 0 aliphatic carbocycles. The predicted octanol–water partition coefficient (Wildman–Crippen LogP) is 5.05. The highest BCUT2D eigenvalue weighted by Gasteiger charge is 2.15. The van der Waals surface area contributed by atoms with Gasteiger partial charge in [0.2, 0.25) is 0 Å². The van der Waals surface area contributed by atoms with E-state index >= 15 is 0 Å². The first-order valence-corrected chi connectivity index (χ1v) is 10.8. The van der Waals surface area contributed by atoms with Crippen molar-refractivity contribution in [3.05, 3.63) is 65.4 Å².